The highest BCUT2D eigenvalue weighted by molar-refractivity contribution is 5.48. The van der Waals surface area contributed by atoms with E-state index in [0.717, 1.165) is 5.06 Å². The number of nitrogens with zero attached hydrogens (tertiary/aromatic N) is 2. The zero-order chi connectivity index (χ0) is 14.1. The molecular formula is C10H19N3O5. The van der Waals surface area contributed by atoms with E-state index in [1.165, 1.54) is 0 Å². The lowest BCUT2D eigenvalue weighted by Gasteiger charge is -2.35. The van der Waals surface area contributed by atoms with Gasteiger partial charge in [0.05, 0.1) is 11.6 Å². The quantitative estimate of drug-likeness (QED) is 0.416. The Kier molecular flexibility index (Phi) is 3.82. The monoisotopic (exact) mass is 261 g/mol. The zero-order valence-electron chi connectivity index (χ0n) is 10.9. The number of nitrogens with one attached hydrogen (secondary N) is 1. The molecule has 1 aliphatic rings. The number of amides is 1. The van der Waals surface area contributed by atoms with Gasteiger partial charge in [0.2, 0.25) is 6.41 Å². The Labute approximate surface area is 105 Å². The fraction of sp³-hybridized carbons (Fsp3) is 0.900. The van der Waals surface area contributed by atoms with Gasteiger partial charge in [-0.15, -0.1) is 10.1 Å². The highest BCUT2D eigenvalue weighted by Gasteiger charge is 2.58. The third kappa shape index (κ3) is 2.25. The van der Waals surface area contributed by atoms with Crippen molar-refractivity contribution in [1.82, 2.24) is 10.4 Å². The van der Waals surface area contributed by atoms with Crippen molar-refractivity contribution in [2.75, 3.05) is 6.61 Å². The molecule has 0 radical (unpaired) electrons. The molecule has 8 heteroatoms. The average Bonchev–Trinajstić information content (AvgIpc) is 2.36. The van der Waals surface area contributed by atoms with Gasteiger partial charge in [-0.2, -0.15) is 5.06 Å². The van der Waals surface area contributed by atoms with Crippen LogP contribution in [0.4, 0.5) is 0 Å². The van der Waals surface area contributed by atoms with Crippen LogP contribution < -0.4 is 5.32 Å². The average molecular weight is 261 g/mol. The van der Waals surface area contributed by atoms with Crippen molar-refractivity contribution in [3.63, 3.8) is 0 Å². The highest BCUT2D eigenvalue weighted by atomic mass is 16.9. The van der Waals surface area contributed by atoms with Crippen LogP contribution in [0.5, 0.6) is 0 Å². The normalized spacial score (nSPS) is 29.8. The van der Waals surface area contributed by atoms with Crippen molar-refractivity contribution >= 4 is 6.41 Å². The Morgan fingerprint density at radius 2 is 2.00 bits per heavy atom. The molecule has 2 N–H and O–H groups in total. The summed E-state index contributed by atoms with van der Waals surface area (Å²) in [6.07, 6.45) is 0.529. The highest BCUT2D eigenvalue weighted by Crippen LogP contribution is 2.43. The minimum atomic E-state index is -0.874. The number of carbonyl (C=O) groups is 1. The Morgan fingerprint density at radius 1 is 1.44 bits per heavy atom. The van der Waals surface area contributed by atoms with Crippen LogP contribution in [-0.2, 0) is 9.63 Å². The Bertz CT molecular complexity index is 344. The maximum absolute atomic E-state index is 10.7. The standard InChI is InChI=1S/C10H19N3O5/c1-9(2)7(5-18-13(16)17)8(11-6-14)10(3,4)12(9)15/h6-8,15H,5H2,1-4H3,(H,11,14). The van der Waals surface area contributed by atoms with Gasteiger partial charge in [-0.25, -0.2) is 0 Å². The van der Waals surface area contributed by atoms with Crippen molar-refractivity contribution in [2.24, 2.45) is 5.92 Å². The first-order valence-corrected chi connectivity index (χ1v) is 5.62. The van der Waals surface area contributed by atoms with Crippen LogP contribution in [-0.4, -0.2) is 45.5 Å². The minimum absolute atomic E-state index is 0.188. The van der Waals surface area contributed by atoms with E-state index in [9.17, 15) is 20.1 Å². The molecule has 1 heterocycles. The van der Waals surface area contributed by atoms with E-state index >= 15 is 0 Å². The summed E-state index contributed by atoms with van der Waals surface area (Å²) in [5.74, 6) is -0.409. The predicted molar refractivity (Wildman–Crippen MR) is 61.2 cm³/mol. The van der Waals surface area contributed by atoms with Gasteiger partial charge in [0.25, 0.3) is 5.09 Å². The molecule has 1 amide bonds. The number of rotatable bonds is 5. The first kappa shape index (κ1) is 14.7. The van der Waals surface area contributed by atoms with Crippen LogP contribution in [0.15, 0.2) is 0 Å². The fourth-order valence-electron chi connectivity index (χ4n) is 2.77. The predicted octanol–water partition coefficient (Wildman–Crippen LogP) is 0.188. The molecule has 0 aromatic heterocycles. The van der Waals surface area contributed by atoms with Crippen molar-refractivity contribution in [3.05, 3.63) is 10.1 Å². The summed E-state index contributed by atoms with van der Waals surface area (Å²) in [6.45, 7) is 6.81. The minimum Gasteiger partial charge on any atom is -0.354 e. The molecule has 1 saturated heterocycles. The van der Waals surface area contributed by atoms with Gasteiger partial charge in [-0.3, -0.25) is 4.79 Å². The van der Waals surface area contributed by atoms with Crippen molar-refractivity contribution in [1.29, 1.82) is 0 Å². The second-order valence-corrected chi connectivity index (χ2v) is 5.51. The molecule has 104 valence electrons. The molecule has 0 aliphatic carbocycles. The second kappa shape index (κ2) is 4.69. The van der Waals surface area contributed by atoms with Gasteiger partial charge >= 0.3 is 0 Å². The van der Waals surface area contributed by atoms with Gasteiger partial charge in [0, 0.05) is 11.5 Å². The number of hydrogen-bond donors (Lipinski definition) is 2. The van der Waals surface area contributed by atoms with Crippen molar-refractivity contribution < 1.29 is 19.9 Å². The van der Waals surface area contributed by atoms with Crippen LogP contribution >= 0.6 is 0 Å². The first-order chi connectivity index (χ1) is 8.15. The summed E-state index contributed by atoms with van der Waals surface area (Å²) in [5.41, 5.74) is -1.49. The Balaban J connectivity index is 3.01. The largest absolute Gasteiger partial charge is 0.354 e. The lowest BCUT2D eigenvalue weighted by molar-refractivity contribution is -0.759. The SMILES string of the molecule is CC1(C)C(CO[N+](=O)[O-])C(NC=O)C(C)(C)N1O. The van der Waals surface area contributed by atoms with Crippen LogP contribution in [0.1, 0.15) is 27.7 Å². The van der Waals surface area contributed by atoms with E-state index in [2.05, 4.69) is 10.2 Å². The summed E-state index contributed by atoms with van der Waals surface area (Å²) in [5, 5.41) is 23.3. The summed E-state index contributed by atoms with van der Waals surface area (Å²) in [6, 6.07) is -0.449. The molecule has 2 unspecified atom stereocenters. The Morgan fingerprint density at radius 3 is 2.44 bits per heavy atom. The van der Waals surface area contributed by atoms with E-state index in [1.807, 2.05) is 0 Å². The summed E-state index contributed by atoms with van der Waals surface area (Å²) in [7, 11) is 0. The summed E-state index contributed by atoms with van der Waals surface area (Å²) >= 11 is 0. The molecule has 8 nitrogen and oxygen atoms in total. The number of hydroxylamine groups is 2. The van der Waals surface area contributed by atoms with E-state index in [1.54, 1.807) is 27.7 Å². The lowest BCUT2D eigenvalue weighted by atomic mass is 9.83. The van der Waals surface area contributed by atoms with Crippen LogP contribution in [0.25, 0.3) is 0 Å². The molecule has 0 aromatic rings. The molecule has 1 aliphatic heterocycles. The van der Waals surface area contributed by atoms with Crippen LogP contribution in [0.3, 0.4) is 0 Å². The maximum Gasteiger partial charge on any atom is 0.294 e. The zero-order valence-corrected chi connectivity index (χ0v) is 10.9. The van der Waals surface area contributed by atoms with Gasteiger partial charge in [0.1, 0.15) is 6.61 Å². The lowest BCUT2D eigenvalue weighted by Crippen LogP contribution is -2.52. The molecule has 1 rings (SSSR count). The van der Waals surface area contributed by atoms with Gasteiger partial charge in [-0.05, 0) is 27.7 Å². The second-order valence-electron chi connectivity index (χ2n) is 5.51. The van der Waals surface area contributed by atoms with E-state index in [0.29, 0.717) is 6.41 Å². The summed E-state index contributed by atoms with van der Waals surface area (Å²) in [4.78, 5) is 25.4. The van der Waals surface area contributed by atoms with Crippen LogP contribution in [0, 0.1) is 16.0 Å². The van der Waals surface area contributed by atoms with Crippen molar-refractivity contribution in [2.45, 2.75) is 44.8 Å². The first-order valence-electron chi connectivity index (χ1n) is 5.62. The molecule has 0 bridgehead atoms. The Hall–Kier alpha value is -1.41. The molecule has 0 aromatic carbocycles. The van der Waals surface area contributed by atoms with Gasteiger partial charge in [0.15, 0.2) is 0 Å². The molecule has 1 fully saturated rings. The van der Waals surface area contributed by atoms with E-state index < -0.39 is 28.1 Å². The third-order valence-corrected chi connectivity index (χ3v) is 3.77. The maximum atomic E-state index is 10.7. The fourth-order valence-corrected chi connectivity index (χ4v) is 2.77. The van der Waals surface area contributed by atoms with E-state index in [4.69, 9.17) is 0 Å². The van der Waals surface area contributed by atoms with Gasteiger partial charge < -0.3 is 15.4 Å². The number of carbonyl (C=O) groups excluding carboxylic acids is 1. The van der Waals surface area contributed by atoms with E-state index in [-0.39, 0.29) is 6.61 Å². The van der Waals surface area contributed by atoms with Crippen LogP contribution in [0.2, 0.25) is 0 Å². The summed E-state index contributed by atoms with van der Waals surface area (Å²) < 4.78 is 0. The molecule has 0 spiro atoms. The van der Waals surface area contributed by atoms with Crippen molar-refractivity contribution in [3.8, 4) is 0 Å². The molecular weight excluding hydrogens is 242 g/mol. The van der Waals surface area contributed by atoms with Gasteiger partial charge in [-0.1, -0.05) is 0 Å². The third-order valence-electron chi connectivity index (χ3n) is 3.77. The molecule has 18 heavy (non-hydrogen) atoms. The number of hydrogen-bond acceptors (Lipinski definition) is 6. The smallest absolute Gasteiger partial charge is 0.294 e. The topological polar surface area (TPSA) is 105 Å². The molecule has 0 saturated carbocycles. The molecule has 2 atom stereocenters.